The maximum atomic E-state index is 5.84. The number of likely N-dealkylation sites (N-methyl/N-ethyl adjacent to an activating group) is 1. The lowest BCUT2D eigenvalue weighted by Crippen LogP contribution is -2.36. The Kier molecular flexibility index (Phi) is 2.62. The Balaban J connectivity index is 2.30. The molecular weight excluding hydrogens is 186 g/mol. The molecule has 0 amide bonds. The van der Waals surface area contributed by atoms with Crippen LogP contribution in [-0.2, 0) is 0 Å². The molecule has 0 saturated heterocycles. The Hall–Kier alpha value is -1.51. The van der Waals surface area contributed by atoms with Gasteiger partial charge in [-0.2, -0.15) is 0 Å². The summed E-state index contributed by atoms with van der Waals surface area (Å²) >= 11 is 0. The number of nitrogens with two attached hydrogens (primary N) is 1. The molecule has 1 atom stereocenters. The Labute approximate surface area is 90.6 Å². The number of hydrogen-bond acceptors (Lipinski definition) is 3. The highest BCUT2D eigenvalue weighted by Gasteiger charge is 2.26. The lowest BCUT2D eigenvalue weighted by molar-refractivity contribution is 0.363. The second-order valence-corrected chi connectivity index (χ2v) is 3.86. The van der Waals surface area contributed by atoms with Crippen molar-refractivity contribution in [2.24, 2.45) is 10.7 Å². The molecule has 0 aromatic heterocycles. The topological polar surface area (TPSA) is 41.6 Å². The molecule has 0 fully saturated rings. The monoisotopic (exact) mass is 203 g/mol. The molecule has 0 bridgehead atoms. The van der Waals surface area contributed by atoms with Crippen molar-refractivity contribution < 1.29 is 0 Å². The first-order chi connectivity index (χ1) is 7.24. The third kappa shape index (κ3) is 1.69. The minimum Gasteiger partial charge on any atom is -0.370 e. The van der Waals surface area contributed by atoms with Gasteiger partial charge in [-0.3, -0.25) is 4.99 Å². The van der Waals surface area contributed by atoms with E-state index in [0.29, 0.717) is 12.0 Å². The molecule has 0 saturated carbocycles. The van der Waals surface area contributed by atoms with Gasteiger partial charge in [-0.1, -0.05) is 24.3 Å². The van der Waals surface area contributed by atoms with Gasteiger partial charge in [0.2, 0.25) is 0 Å². The van der Waals surface area contributed by atoms with Crippen LogP contribution < -0.4 is 5.73 Å². The number of aliphatic imine (C=N–C) groups is 1. The van der Waals surface area contributed by atoms with Gasteiger partial charge in [0.15, 0.2) is 5.96 Å². The molecular formula is C12H17N3. The van der Waals surface area contributed by atoms with E-state index in [2.05, 4.69) is 48.0 Å². The molecule has 3 heteroatoms. The summed E-state index contributed by atoms with van der Waals surface area (Å²) in [4.78, 5) is 6.46. The molecule has 0 radical (unpaired) electrons. The number of benzene rings is 1. The first-order valence-electron chi connectivity index (χ1n) is 5.36. The summed E-state index contributed by atoms with van der Waals surface area (Å²) in [7, 11) is 0. The Bertz CT molecular complexity index is 384. The average Bonchev–Trinajstić information content (AvgIpc) is 2.60. The van der Waals surface area contributed by atoms with E-state index in [1.54, 1.807) is 0 Å². The minimum atomic E-state index is 0.330. The van der Waals surface area contributed by atoms with Crippen LogP contribution in [0, 0.1) is 6.92 Å². The summed E-state index contributed by atoms with van der Waals surface area (Å²) in [5.74, 6) is 0.672. The molecule has 2 rings (SSSR count). The Morgan fingerprint density at radius 3 is 2.87 bits per heavy atom. The van der Waals surface area contributed by atoms with E-state index < -0.39 is 0 Å². The second-order valence-electron chi connectivity index (χ2n) is 3.86. The van der Waals surface area contributed by atoms with Crippen LogP contribution in [0.25, 0.3) is 0 Å². The number of hydrogen-bond donors (Lipinski definition) is 1. The lowest BCUT2D eigenvalue weighted by atomic mass is 10.0. The summed E-state index contributed by atoms with van der Waals surface area (Å²) in [6, 6.07) is 8.77. The Morgan fingerprint density at radius 1 is 1.47 bits per heavy atom. The van der Waals surface area contributed by atoms with Gasteiger partial charge < -0.3 is 10.6 Å². The average molecular weight is 203 g/mol. The highest BCUT2D eigenvalue weighted by Crippen LogP contribution is 2.27. The fourth-order valence-corrected chi connectivity index (χ4v) is 2.14. The predicted molar refractivity (Wildman–Crippen MR) is 62.8 cm³/mol. The fourth-order valence-electron chi connectivity index (χ4n) is 2.14. The minimum absolute atomic E-state index is 0.330. The largest absolute Gasteiger partial charge is 0.370 e. The highest BCUT2D eigenvalue weighted by atomic mass is 15.3. The van der Waals surface area contributed by atoms with Gasteiger partial charge in [0, 0.05) is 6.54 Å². The quantitative estimate of drug-likeness (QED) is 0.794. The smallest absolute Gasteiger partial charge is 0.191 e. The van der Waals surface area contributed by atoms with E-state index in [9.17, 15) is 0 Å². The van der Waals surface area contributed by atoms with E-state index in [-0.39, 0.29) is 0 Å². The van der Waals surface area contributed by atoms with Crippen molar-refractivity contribution in [3.05, 3.63) is 35.4 Å². The van der Waals surface area contributed by atoms with Crippen molar-refractivity contribution in [1.29, 1.82) is 0 Å². The first-order valence-corrected chi connectivity index (χ1v) is 5.36. The SMILES string of the molecule is CCN1C(N)=NCC1c1ccccc1C. The van der Waals surface area contributed by atoms with Crippen LogP contribution >= 0.6 is 0 Å². The van der Waals surface area contributed by atoms with Gasteiger partial charge in [-0.25, -0.2) is 0 Å². The molecule has 0 aliphatic carbocycles. The molecule has 80 valence electrons. The van der Waals surface area contributed by atoms with Crippen LogP contribution in [0.5, 0.6) is 0 Å². The number of aryl methyl sites for hydroxylation is 1. The molecule has 1 aliphatic heterocycles. The van der Waals surface area contributed by atoms with Gasteiger partial charge in [0.1, 0.15) is 0 Å². The maximum absolute atomic E-state index is 5.84. The van der Waals surface area contributed by atoms with Gasteiger partial charge >= 0.3 is 0 Å². The van der Waals surface area contributed by atoms with E-state index >= 15 is 0 Å². The van der Waals surface area contributed by atoms with E-state index in [4.69, 9.17) is 5.73 Å². The van der Waals surface area contributed by atoms with Crippen LogP contribution in [0.4, 0.5) is 0 Å². The summed E-state index contributed by atoms with van der Waals surface area (Å²) in [5.41, 5.74) is 8.49. The van der Waals surface area contributed by atoms with Gasteiger partial charge in [-0.15, -0.1) is 0 Å². The van der Waals surface area contributed by atoms with Crippen LogP contribution in [0.2, 0.25) is 0 Å². The zero-order valence-corrected chi connectivity index (χ0v) is 9.27. The molecule has 0 spiro atoms. The molecule has 2 N–H and O–H groups in total. The van der Waals surface area contributed by atoms with Gasteiger partial charge in [0.25, 0.3) is 0 Å². The molecule has 3 nitrogen and oxygen atoms in total. The summed E-state index contributed by atoms with van der Waals surface area (Å²) < 4.78 is 0. The third-order valence-electron chi connectivity index (χ3n) is 2.98. The van der Waals surface area contributed by atoms with Crippen molar-refractivity contribution in [1.82, 2.24) is 4.90 Å². The van der Waals surface area contributed by atoms with Crippen molar-refractivity contribution in [3.63, 3.8) is 0 Å². The van der Waals surface area contributed by atoms with Crippen LogP contribution in [0.1, 0.15) is 24.1 Å². The third-order valence-corrected chi connectivity index (χ3v) is 2.98. The number of nitrogens with zero attached hydrogens (tertiary/aromatic N) is 2. The summed E-state index contributed by atoms with van der Waals surface area (Å²) in [6.07, 6.45) is 0. The molecule has 1 aromatic rings. The highest BCUT2D eigenvalue weighted by molar-refractivity contribution is 5.80. The van der Waals surface area contributed by atoms with E-state index in [1.165, 1.54) is 11.1 Å². The van der Waals surface area contributed by atoms with E-state index in [1.807, 2.05) is 0 Å². The maximum Gasteiger partial charge on any atom is 0.191 e. The van der Waals surface area contributed by atoms with Crippen LogP contribution in [0.15, 0.2) is 29.3 Å². The molecule has 1 aromatic carbocycles. The standard InChI is InChI=1S/C12H17N3/c1-3-15-11(8-14-12(15)13)10-7-5-4-6-9(10)2/h4-7,11H,3,8H2,1-2H3,(H2,13,14). The fraction of sp³-hybridized carbons (Fsp3) is 0.417. The molecule has 1 heterocycles. The van der Waals surface area contributed by atoms with Crippen molar-refractivity contribution in [3.8, 4) is 0 Å². The van der Waals surface area contributed by atoms with Crippen molar-refractivity contribution in [2.45, 2.75) is 19.9 Å². The van der Waals surface area contributed by atoms with E-state index in [0.717, 1.165) is 13.1 Å². The second kappa shape index (κ2) is 3.93. The Morgan fingerprint density at radius 2 is 2.20 bits per heavy atom. The summed E-state index contributed by atoms with van der Waals surface area (Å²) in [6.45, 7) is 5.94. The summed E-state index contributed by atoms with van der Waals surface area (Å²) in [5, 5.41) is 0. The molecule has 1 aliphatic rings. The first kappa shape index (κ1) is 10.0. The zero-order valence-electron chi connectivity index (χ0n) is 9.27. The van der Waals surface area contributed by atoms with Gasteiger partial charge in [0.05, 0.1) is 12.6 Å². The normalized spacial score (nSPS) is 20.5. The lowest BCUT2D eigenvalue weighted by Gasteiger charge is -2.26. The van der Waals surface area contributed by atoms with Gasteiger partial charge in [-0.05, 0) is 25.0 Å². The predicted octanol–water partition coefficient (Wildman–Crippen LogP) is 1.69. The molecule has 1 unspecified atom stereocenters. The van der Waals surface area contributed by atoms with Crippen LogP contribution in [0.3, 0.4) is 0 Å². The van der Waals surface area contributed by atoms with Crippen molar-refractivity contribution >= 4 is 5.96 Å². The molecule has 15 heavy (non-hydrogen) atoms. The van der Waals surface area contributed by atoms with Crippen LogP contribution in [-0.4, -0.2) is 23.9 Å². The van der Waals surface area contributed by atoms with Crippen molar-refractivity contribution in [2.75, 3.05) is 13.1 Å². The zero-order chi connectivity index (χ0) is 10.8. The number of rotatable bonds is 2. The number of guanidine groups is 1.